The van der Waals surface area contributed by atoms with Gasteiger partial charge in [-0.15, -0.1) is 0 Å². The Morgan fingerprint density at radius 1 is 1.22 bits per heavy atom. The van der Waals surface area contributed by atoms with Crippen LogP contribution in [0, 0.1) is 13.8 Å². The zero-order valence-electron chi connectivity index (χ0n) is 15.3. The summed E-state index contributed by atoms with van der Waals surface area (Å²) in [6, 6.07) is 10.8. The normalized spacial score (nSPS) is 11.8. The standard InChI is InChI=1S/C20H19ClN2O3S/c1-4-26-17(24)11-23-16-10-12(2)9-13(3)18(16)27-20(23)22-19(25)14-7-5-6-8-15(14)21/h5-10H,4,11H2,1-3H3. The second-order valence-corrected chi connectivity index (χ2v) is 7.49. The molecule has 0 atom stereocenters. The molecule has 1 aromatic heterocycles. The number of amides is 1. The van der Waals surface area contributed by atoms with Crippen LogP contribution in [0.2, 0.25) is 5.02 Å². The molecule has 5 nitrogen and oxygen atoms in total. The number of fused-ring (bicyclic) bond motifs is 1. The van der Waals surface area contributed by atoms with Crippen molar-refractivity contribution < 1.29 is 14.3 Å². The highest BCUT2D eigenvalue weighted by Crippen LogP contribution is 2.24. The van der Waals surface area contributed by atoms with Crippen molar-refractivity contribution in [1.82, 2.24) is 4.57 Å². The largest absolute Gasteiger partial charge is 0.465 e. The summed E-state index contributed by atoms with van der Waals surface area (Å²) < 4.78 is 7.80. The molecular weight excluding hydrogens is 384 g/mol. The summed E-state index contributed by atoms with van der Waals surface area (Å²) in [6.07, 6.45) is 0. The fraction of sp³-hybridized carbons (Fsp3) is 0.250. The summed E-state index contributed by atoms with van der Waals surface area (Å²) in [5.41, 5.74) is 3.32. The first-order valence-corrected chi connectivity index (χ1v) is 9.70. The van der Waals surface area contributed by atoms with E-state index < -0.39 is 5.91 Å². The summed E-state index contributed by atoms with van der Waals surface area (Å²) in [4.78, 5) is 29.5. The number of carbonyl (C=O) groups is 2. The van der Waals surface area contributed by atoms with Gasteiger partial charge in [-0.1, -0.05) is 41.1 Å². The molecule has 0 aliphatic heterocycles. The topological polar surface area (TPSA) is 60.7 Å². The number of aromatic nitrogens is 1. The fourth-order valence-electron chi connectivity index (χ4n) is 2.87. The molecule has 0 saturated carbocycles. The molecule has 0 N–H and O–H groups in total. The van der Waals surface area contributed by atoms with Crippen molar-refractivity contribution in [3.63, 3.8) is 0 Å². The smallest absolute Gasteiger partial charge is 0.326 e. The van der Waals surface area contributed by atoms with Gasteiger partial charge in [-0.05, 0) is 50.1 Å². The van der Waals surface area contributed by atoms with Crippen molar-refractivity contribution in [3.8, 4) is 0 Å². The number of nitrogens with zero attached hydrogens (tertiary/aromatic N) is 2. The van der Waals surface area contributed by atoms with Gasteiger partial charge in [-0.3, -0.25) is 9.59 Å². The molecule has 0 spiro atoms. The summed E-state index contributed by atoms with van der Waals surface area (Å²) in [5, 5.41) is 0.344. The second-order valence-electron chi connectivity index (χ2n) is 6.10. The van der Waals surface area contributed by atoms with Crippen LogP contribution in [0.25, 0.3) is 10.2 Å². The minimum atomic E-state index is -0.445. The van der Waals surface area contributed by atoms with Gasteiger partial charge in [0.05, 0.1) is 27.4 Å². The first-order valence-electron chi connectivity index (χ1n) is 8.50. The van der Waals surface area contributed by atoms with Crippen molar-refractivity contribution in [1.29, 1.82) is 0 Å². The molecular formula is C20H19ClN2O3S. The fourth-order valence-corrected chi connectivity index (χ4v) is 4.16. The number of carbonyl (C=O) groups excluding carboxylic acids is 2. The third-order valence-electron chi connectivity index (χ3n) is 4.01. The average Bonchev–Trinajstić information content (AvgIpc) is 2.93. The monoisotopic (exact) mass is 402 g/mol. The van der Waals surface area contributed by atoms with Crippen LogP contribution in [-0.4, -0.2) is 23.1 Å². The lowest BCUT2D eigenvalue weighted by atomic mass is 10.1. The van der Waals surface area contributed by atoms with Crippen LogP contribution in [0.1, 0.15) is 28.4 Å². The van der Waals surface area contributed by atoms with Gasteiger partial charge in [-0.25, -0.2) is 0 Å². The molecule has 27 heavy (non-hydrogen) atoms. The molecule has 1 amide bonds. The van der Waals surface area contributed by atoms with E-state index in [2.05, 4.69) is 11.1 Å². The van der Waals surface area contributed by atoms with Gasteiger partial charge in [0.2, 0.25) is 0 Å². The van der Waals surface area contributed by atoms with Gasteiger partial charge in [0.25, 0.3) is 5.91 Å². The van der Waals surface area contributed by atoms with Crippen LogP contribution in [0.4, 0.5) is 0 Å². The molecule has 3 aromatic rings. The maximum atomic E-state index is 12.7. The number of thiazole rings is 1. The highest BCUT2D eigenvalue weighted by molar-refractivity contribution is 7.16. The van der Waals surface area contributed by atoms with E-state index in [9.17, 15) is 9.59 Å². The van der Waals surface area contributed by atoms with E-state index in [4.69, 9.17) is 16.3 Å². The summed E-state index contributed by atoms with van der Waals surface area (Å²) in [6.45, 7) is 6.04. The van der Waals surface area contributed by atoms with E-state index in [1.165, 1.54) is 11.3 Å². The molecule has 0 bridgehead atoms. The van der Waals surface area contributed by atoms with Crippen molar-refractivity contribution in [2.24, 2.45) is 4.99 Å². The van der Waals surface area contributed by atoms with Crippen LogP contribution in [0.15, 0.2) is 41.4 Å². The Morgan fingerprint density at radius 2 is 1.96 bits per heavy atom. The van der Waals surface area contributed by atoms with E-state index in [0.717, 1.165) is 21.3 Å². The Morgan fingerprint density at radius 3 is 2.67 bits per heavy atom. The second kappa shape index (κ2) is 8.06. The minimum Gasteiger partial charge on any atom is -0.465 e. The number of ether oxygens (including phenoxy) is 1. The summed E-state index contributed by atoms with van der Waals surface area (Å²) in [7, 11) is 0. The van der Waals surface area contributed by atoms with E-state index >= 15 is 0 Å². The number of esters is 1. The van der Waals surface area contributed by atoms with Crippen LogP contribution in [0.3, 0.4) is 0 Å². The number of benzene rings is 2. The molecule has 0 fully saturated rings. The van der Waals surface area contributed by atoms with Crippen molar-refractivity contribution in [3.05, 3.63) is 62.9 Å². The van der Waals surface area contributed by atoms with Crippen LogP contribution in [-0.2, 0) is 16.1 Å². The zero-order chi connectivity index (χ0) is 19.6. The van der Waals surface area contributed by atoms with Crippen molar-refractivity contribution in [2.75, 3.05) is 6.61 Å². The molecule has 7 heteroatoms. The third kappa shape index (κ3) is 4.12. The zero-order valence-corrected chi connectivity index (χ0v) is 16.9. The number of halogens is 1. The molecule has 2 aromatic carbocycles. The van der Waals surface area contributed by atoms with Gasteiger partial charge in [0.1, 0.15) is 6.54 Å². The quantitative estimate of drug-likeness (QED) is 0.612. The van der Waals surface area contributed by atoms with Gasteiger partial charge >= 0.3 is 5.97 Å². The lowest BCUT2D eigenvalue weighted by Crippen LogP contribution is -2.23. The van der Waals surface area contributed by atoms with Gasteiger partial charge in [-0.2, -0.15) is 4.99 Å². The molecule has 1 heterocycles. The molecule has 0 aliphatic rings. The van der Waals surface area contributed by atoms with Crippen LogP contribution >= 0.6 is 22.9 Å². The Hall–Kier alpha value is -2.44. The number of aryl methyl sites for hydroxylation is 2. The first-order chi connectivity index (χ1) is 12.9. The van der Waals surface area contributed by atoms with E-state index in [1.54, 1.807) is 35.8 Å². The minimum absolute atomic E-state index is 0.00856. The molecule has 0 saturated heterocycles. The van der Waals surface area contributed by atoms with Gasteiger partial charge in [0, 0.05) is 0 Å². The maximum absolute atomic E-state index is 12.7. The lowest BCUT2D eigenvalue weighted by molar-refractivity contribution is -0.143. The highest BCUT2D eigenvalue weighted by Gasteiger charge is 2.15. The van der Waals surface area contributed by atoms with E-state index in [0.29, 0.717) is 22.0 Å². The number of hydrogen-bond acceptors (Lipinski definition) is 4. The number of hydrogen-bond donors (Lipinski definition) is 0. The molecule has 3 rings (SSSR count). The Kier molecular flexibility index (Phi) is 5.77. The summed E-state index contributed by atoms with van der Waals surface area (Å²) >= 11 is 7.49. The third-order valence-corrected chi connectivity index (χ3v) is 5.57. The van der Waals surface area contributed by atoms with Gasteiger partial charge < -0.3 is 9.30 Å². The Bertz CT molecular complexity index is 1100. The predicted octanol–water partition coefficient (Wildman–Crippen LogP) is 4.28. The SMILES string of the molecule is CCOC(=O)Cn1c(=NC(=O)c2ccccc2Cl)sc2c(C)cc(C)cc21. The van der Waals surface area contributed by atoms with Gasteiger partial charge in [0.15, 0.2) is 4.80 Å². The van der Waals surface area contributed by atoms with Crippen LogP contribution < -0.4 is 4.80 Å². The highest BCUT2D eigenvalue weighted by atomic mass is 35.5. The molecule has 0 radical (unpaired) electrons. The summed E-state index contributed by atoms with van der Waals surface area (Å²) in [5.74, 6) is -0.817. The van der Waals surface area contributed by atoms with Crippen molar-refractivity contribution in [2.45, 2.75) is 27.3 Å². The van der Waals surface area contributed by atoms with Crippen molar-refractivity contribution >= 4 is 45.0 Å². The molecule has 140 valence electrons. The van der Waals surface area contributed by atoms with E-state index in [-0.39, 0.29) is 12.5 Å². The lowest BCUT2D eigenvalue weighted by Gasteiger charge is -2.06. The average molecular weight is 403 g/mol. The number of rotatable bonds is 4. The molecule has 0 aliphatic carbocycles. The first kappa shape index (κ1) is 19.3. The Balaban J connectivity index is 2.19. The maximum Gasteiger partial charge on any atom is 0.326 e. The molecule has 0 unspecified atom stereocenters. The van der Waals surface area contributed by atoms with E-state index in [1.807, 2.05) is 19.9 Å². The Labute approximate surface area is 165 Å². The van der Waals surface area contributed by atoms with Crippen LogP contribution in [0.5, 0.6) is 0 Å². The predicted molar refractivity (Wildman–Crippen MR) is 107 cm³/mol.